The highest BCUT2D eigenvalue weighted by molar-refractivity contribution is 4.60. The van der Waals surface area contributed by atoms with Gasteiger partial charge in [-0.2, -0.15) is 0 Å². The van der Waals surface area contributed by atoms with Crippen molar-refractivity contribution in [2.24, 2.45) is 11.5 Å². The van der Waals surface area contributed by atoms with Gasteiger partial charge in [-0.05, 0) is 14.1 Å². The zero-order valence-corrected chi connectivity index (χ0v) is 8.71. The lowest BCUT2D eigenvalue weighted by molar-refractivity contribution is 0.398. The van der Waals surface area contributed by atoms with Crippen LogP contribution in [0.4, 0.5) is 0 Å². The Bertz CT molecular complexity index is 107. The third kappa shape index (κ3) is 9.72. The first-order valence-corrected chi connectivity index (χ1v) is 4.71. The minimum Gasteiger partial charge on any atom is -0.328 e. The summed E-state index contributed by atoms with van der Waals surface area (Å²) in [6.07, 6.45) is -0.0735. The molecule has 0 aromatic rings. The average Bonchev–Trinajstić information content (AvgIpc) is 2.10. The highest BCUT2D eigenvalue weighted by atomic mass is 15.1. The minimum absolute atomic E-state index is 0.0735. The first kappa shape index (κ1) is 12.8. The Hall–Kier alpha value is -0.200. The molecule has 0 fully saturated rings. The van der Waals surface area contributed by atoms with Gasteiger partial charge in [0.05, 0.1) is 6.17 Å². The molecule has 0 spiro atoms. The van der Waals surface area contributed by atoms with Gasteiger partial charge >= 0.3 is 0 Å². The van der Waals surface area contributed by atoms with Gasteiger partial charge in [0.15, 0.2) is 0 Å². The fraction of sp³-hybridized carbons (Fsp3) is 1.00. The second kappa shape index (κ2) is 8.40. The number of hydrogen-bond acceptors (Lipinski definition) is 5. The molecule has 6 N–H and O–H groups in total. The van der Waals surface area contributed by atoms with Crippen molar-refractivity contribution < 1.29 is 0 Å². The van der Waals surface area contributed by atoms with Gasteiger partial charge in [0.1, 0.15) is 0 Å². The van der Waals surface area contributed by atoms with E-state index in [-0.39, 0.29) is 6.17 Å². The van der Waals surface area contributed by atoms with Crippen LogP contribution in [-0.4, -0.2) is 57.9 Å². The summed E-state index contributed by atoms with van der Waals surface area (Å²) in [6, 6.07) is 0. The molecular weight excluding hydrogens is 166 g/mol. The van der Waals surface area contributed by atoms with Crippen LogP contribution >= 0.6 is 0 Å². The van der Waals surface area contributed by atoms with E-state index in [1.165, 1.54) is 0 Å². The number of hydrogen-bond donors (Lipinski definition) is 4. The molecule has 0 heterocycles. The van der Waals surface area contributed by atoms with Crippen molar-refractivity contribution >= 4 is 0 Å². The van der Waals surface area contributed by atoms with Gasteiger partial charge < -0.3 is 21.7 Å². The number of likely N-dealkylation sites (N-methyl/N-ethyl adjacent to an activating group) is 1. The number of nitrogens with two attached hydrogens (primary N) is 2. The number of nitrogens with zero attached hydrogens (tertiary/aromatic N) is 1. The maximum Gasteiger partial charge on any atom is 0.0673 e. The number of nitrogens with one attached hydrogen (secondary N) is 2. The van der Waals surface area contributed by atoms with Crippen LogP contribution in [-0.2, 0) is 0 Å². The van der Waals surface area contributed by atoms with Crippen LogP contribution in [0, 0.1) is 0 Å². The molecule has 0 aliphatic rings. The molecule has 0 aliphatic heterocycles. The van der Waals surface area contributed by atoms with Crippen molar-refractivity contribution in [2.45, 2.75) is 6.17 Å². The molecule has 5 heteroatoms. The van der Waals surface area contributed by atoms with Crippen LogP contribution < -0.4 is 22.1 Å². The largest absolute Gasteiger partial charge is 0.328 e. The molecule has 5 nitrogen and oxygen atoms in total. The summed E-state index contributed by atoms with van der Waals surface area (Å²) in [5.74, 6) is 0. The molecule has 0 amide bonds. The Kier molecular flexibility index (Phi) is 8.27. The van der Waals surface area contributed by atoms with Gasteiger partial charge in [-0.3, -0.25) is 5.32 Å². The highest BCUT2D eigenvalue weighted by Gasteiger charge is 1.95. The number of rotatable bonds is 8. The first-order valence-electron chi connectivity index (χ1n) is 4.71. The summed E-state index contributed by atoms with van der Waals surface area (Å²) in [4.78, 5) is 2.14. The first-order chi connectivity index (χ1) is 6.16. The van der Waals surface area contributed by atoms with E-state index in [2.05, 4.69) is 29.6 Å². The SMILES string of the molecule is CN(C)CCNCCNC(N)CN. The van der Waals surface area contributed by atoms with E-state index in [1.807, 2.05) is 0 Å². The smallest absolute Gasteiger partial charge is 0.0673 e. The van der Waals surface area contributed by atoms with E-state index < -0.39 is 0 Å². The van der Waals surface area contributed by atoms with Gasteiger partial charge in [0.25, 0.3) is 0 Å². The van der Waals surface area contributed by atoms with Gasteiger partial charge in [-0.25, -0.2) is 0 Å². The molecule has 13 heavy (non-hydrogen) atoms. The van der Waals surface area contributed by atoms with Gasteiger partial charge in [0.2, 0.25) is 0 Å². The van der Waals surface area contributed by atoms with E-state index in [1.54, 1.807) is 0 Å². The summed E-state index contributed by atoms with van der Waals surface area (Å²) in [6.45, 7) is 4.35. The molecule has 0 aliphatic carbocycles. The molecule has 0 bridgehead atoms. The summed E-state index contributed by atoms with van der Waals surface area (Å²) < 4.78 is 0. The quantitative estimate of drug-likeness (QED) is 0.262. The molecular formula is C8H23N5. The second-order valence-electron chi connectivity index (χ2n) is 3.35. The third-order valence-electron chi connectivity index (χ3n) is 1.70. The Morgan fingerprint density at radius 1 is 1.23 bits per heavy atom. The van der Waals surface area contributed by atoms with E-state index >= 15 is 0 Å². The molecule has 0 aromatic heterocycles. The maximum absolute atomic E-state index is 5.56. The molecule has 1 atom stereocenters. The van der Waals surface area contributed by atoms with Crippen LogP contribution in [0.5, 0.6) is 0 Å². The normalized spacial score (nSPS) is 13.6. The fourth-order valence-corrected chi connectivity index (χ4v) is 0.857. The van der Waals surface area contributed by atoms with E-state index in [0.717, 1.165) is 26.2 Å². The Labute approximate surface area is 80.8 Å². The summed E-state index contributed by atoms with van der Waals surface area (Å²) in [7, 11) is 4.12. The van der Waals surface area contributed by atoms with E-state index in [4.69, 9.17) is 11.5 Å². The van der Waals surface area contributed by atoms with Crippen LogP contribution in [0.15, 0.2) is 0 Å². The van der Waals surface area contributed by atoms with Crippen molar-refractivity contribution in [3.8, 4) is 0 Å². The lowest BCUT2D eigenvalue weighted by Crippen LogP contribution is -2.46. The van der Waals surface area contributed by atoms with E-state index in [0.29, 0.717) is 6.54 Å². The van der Waals surface area contributed by atoms with Crippen molar-refractivity contribution in [2.75, 3.05) is 46.8 Å². The summed E-state index contributed by atoms with van der Waals surface area (Å²) >= 11 is 0. The van der Waals surface area contributed by atoms with Gasteiger partial charge in [-0.1, -0.05) is 0 Å². The van der Waals surface area contributed by atoms with Crippen LogP contribution in [0.25, 0.3) is 0 Å². The Balaban J connectivity index is 2.99. The van der Waals surface area contributed by atoms with Crippen molar-refractivity contribution in [3.63, 3.8) is 0 Å². The minimum atomic E-state index is -0.0735. The van der Waals surface area contributed by atoms with E-state index in [9.17, 15) is 0 Å². The second-order valence-corrected chi connectivity index (χ2v) is 3.35. The van der Waals surface area contributed by atoms with Crippen molar-refractivity contribution in [1.82, 2.24) is 15.5 Å². The molecule has 0 saturated carbocycles. The Morgan fingerprint density at radius 2 is 1.92 bits per heavy atom. The average molecular weight is 189 g/mol. The van der Waals surface area contributed by atoms with Crippen molar-refractivity contribution in [3.05, 3.63) is 0 Å². The molecule has 0 rings (SSSR count). The van der Waals surface area contributed by atoms with Gasteiger partial charge in [0, 0.05) is 32.7 Å². The third-order valence-corrected chi connectivity index (χ3v) is 1.70. The fourth-order valence-electron chi connectivity index (χ4n) is 0.857. The zero-order chi connectivity index (χ0) is 10.1. The molecule has 1 unspecified atom stereocenters. The van der Waals surface area contributed by atoms with Gasteiger partial charge in [-0.15, -0.1) is 0 Å². The van der Waals surface area contributed by atoms with Crippen LogP contribution in [0.2, 0.25) is 0 Å². The van der Waals surface area contributed by atoms with Crippen LogP contribution in [0.3, 0.4) is 0 Å². The summed E-state index contributed by atoms with van der Waals surface area (Å²) in [5.41, 5.74) is 10.9. The predicted molar refractivity (Wildman–Crippen MR) is 56.5 cm³/mol. The molecule has 0 aromatic carbocycles. The highest BCUT2D eigenvalue weighted by Crippen LogP contribution is 1.70. The van der Waals surface area contributed by atoms with Crippen molar-refractivity contribution in [1.29, 1.82) is 0 Å². The molecule has 0 saturated heterocycles. The topological polar surface area (TPSA) is 79.3 Å². The molecule has 80 valence electrons. The lowest BCUT2D eigenvalue weighted by Gasteiger charge is -2.13. The monoisotopic (exact) mass is 189 g/mol. The predicted octanol–water partition coefficient (Wildman–Crippen LogP) is -2.03. The maximum atomic E-state index is 5.56. The standard InChI is InChI=1S/C8H23N5/c1-13(2)6-5-11-3-4-12-8(10)7-9/h8,11-12H,3-7,9-10H2,1-2H3. The Morgan fingerprint density at radius 3 is 2.46 bits per heavy atom. The molecule has 0 radical (unpaired) electrons. The zero-order valence-electron chi connectivity index (χ0n) is 8.71. The van der Waals surface area contributed by atoms with Crippen LogP contribution in [0.1, 0.15) is 0 Å². The lowest BCUT2D eigenvalue weighted by atomic mass is 10.4. The summed E-state index contributed by atoms with van der Waals surface area (Å²) in [5, 5.41) is 6.39.